The number of carbonyl (C=O) groups is 1. The van der Waals surface area contributed by atoms with Gasteiger partial charge in [0.2, 0.25) is 0 Å². The Morgan fingerprint density at radius 2 is 1.83 bits per heavy atom. The van der Waals surface area contributed by atoms with Gasteiger partial charge in [0.05, 0.1) is 30.0 Å². The van der Waals surface area contributed by atoms with Crippen molar-refractivity contribution >= 4 is 27.5 Å². The maximum absolute atomic E-state index is 12.9. The molecule has 0 aliphatic carbocycles. The van der Waals surface area contributed by atoms with E-state index in [0.29, 0.717) is 22.8 Å². The fourth-order valence-corrected chi connectivity index (χ4v) is 3.97. The number of amides is 1. The third-order valence-corrected chi connectivity index (χ3v) is 5.31. The number of nitrogens with zero attached hydrogens (tertiary/aromatic N) is 2. The molecule has 0 aliphatic heterocycles. The molecular formula is C20H19F3N2O3S. The predicted molar refractivity (Wildman–Crippen MR) is 105 cm³/mol. The van der Waals surface area contributed by atoms with Crippen molar-refractivity contribution in [1.29, 1.82) is 0 Å². The van der Waals surface area contributed by atoms with E-state index in [0.717, 1.165) is 28.8 Å². The van der Waals surface area contributed by atoms with E-state index in [4.69, 9.17) is 9.47 Å². The van der Waals surface area contributed by atoms with Crippen molar-refractivity contribution in [2.75, 3.05) is 14.2 Å². The smallest absolute Gasteiger partial charge is 0.416 e. The number of hydrogen-bond donors (Lipinski definition) is 0. The first kappa shape index (κ1) is 20.9. The predicted octanol–water partition coefficient (Wildman–Crippen LogP) is 4.89. The summed E-state index contributed by atoms with van der Waals surface area (Å²) in [5, 5.41) is 0. The molecule has 0 atom stereocenters. The number of aryl methyl sites for hydroxylation is 1. The van der Waals surface area contributed by atoms with Gasteiger partial charge in [0, 0.05) is 24.2 Å². The summed E-state index contributed by atoms with van der Waals surface area (Å²) in [6.07, 6.45) is -3.74. The molecule has 9 heteroatoms. The average molecular weight is 424 g/mol. The molecule has 1 aromatic heterocycles. The molecule has 3 aromatic rings. The third kappa shape index (κ3) is 4.29. The minimum Gasteiger partial charge on any atom is -0.493 e. The summed E-state index contributed by atoms with van der Waals surface area (Å²) in [4.78, 5) is 17.1. The van der Waals surface area contributed by atoms with Crippen molar-refractivity contribution in [2.24, 2.45) is 4.99 Å². The third-order valence-electron chi connectivity index (χ3n) is 4.27. The molecule has 0 unspecified atom stereocenters. The number of halogens is 3. The molecule has 0 fully saturated rings. The second-order valence-electron chi connectivity index (χ2n) is 6.21. The number of carbonyl (C=O) groups excluding carboxylic acids is 1. The van der Waals surface area contributed by atoms with Crippen LogP contribution in [0.15, 0.2) is 41.4 Å². The van der Waals surface area contributed by atoms with Crippen molar-refractivity contribution in [3.8, 4) is 11.5 Å². The molecule has 0 radical (unpaired) electrons. The molecule has 2 aromatic carbocycles. The van der Waals surface area contributed by atoms with Crippen LogP contribution in [0.25, 0.3) is 10.2 Å². The number of rotatable bonds is 5. The van der Waals surface area contributed by atoms with Gasteiger partial charge in [-0.1, -0.05) is 24.3 Å². The number of benzene rings is 2. The second kappa shape index (κ2) is 8.28. The Balaban J connectivity index is 2.14. The maximum atomic E-state index is 12.9. The van der Waals surface area contributed by atoms with Crippen LogP contribution in [0, 0.1) is 0 Å². The number of hydrogen-bond acceptors (Lipinski definition) is 4. The molecule has 0 spiro atoms. The lowest BCUT2D eigenvalue weighted by molar-refractivity contribution is -0.137. The molecule has 5 nitrogen and oxygen atoms in total. The number of fused-ring (bicyclic) bond motifs is 1. The van der Waals surface area contributed by atoms with Gasteiger partial charge in [0.25, 0.3) is 5.91 Å². The Bertz CT molecular complexity index is 1120. The Labute approximate surface area is 169 Å². The van der Waals surface area contributed by atoms with E-state index < -0.39 is 17.6 Å². The lowest BCUT2D eigenvalue weighted by Gasteiger charge is -2.09. The van der Waals surface area contributed by atoms with Crippen LogP contribution >= 0.6 is 11.3 Å². The average Bonchev–Trinajstić information content (AvgIpc) is 3.02. The number of thiazole rings is 1. The maximum Gasteiger partial charge on any atom is 0.416 e. The Hall–Kier alpha value is -2.81. The summed E-state index contributed by atoms with van der Waals surface area (Å²) in [6.45, 7) is 2.57. The van der Waals surface area contributed by atoms with Crippen molar-refractivity contribution in [1.82, 2.24) is 4.57 Å². The van der Waals surface area contributed by atoms with Crippen LogP contribution < -0.4 is 14.3 Å². The summed E-state index contributed by atoms with van der Waals surface area (Å²) in [6, 6.07) is 7.85. The van der Waals surface area contributed by atoms with Gasteiger partial charge in [0.1, 0.15) is 0 Å². The molecule has 3 rings (SSSR count). The summed E-state index contributed by atoms with van der Waals surface area (Å²) in [5.41, 5.74) is -0.189. The van der Waals surface area contributed by atoms with Crippen molar-refractivity contribution < 1.29 is 27.4 Å². The summed E-state index contributed by atoms with van der Waals surface area (Å²) < 4.78 is 52.2. The van der Waals surface area contributed by atoms with Crippen molar-refractivity contribution in [3.05, 3.63) is 52.3 Å². The van der Waals surface area contributed by atoms with Gasteiger partial charge in [0.15, 0.2) is 16.3 Å². The van der Waals surface area contributed by atoms with E-state index >= 15 is 0 Å². The van der Waals surface area contributed by atoms with Crippen molar-refractivity contribution in [2.45, 2.75) is 26.1 Å². The first-order valence-corrected chi connectivity index (χ1v) is 9.61. The highest BCUT2D eigenvalue weighted by atomic mass is 32.1. The summed E-state index contributed by atoms with van der Waals surface area (Å²) in [7, 11) is 3.06. The molecule has 0 aliphatic rings. The molecule has 1 heterocycles. The van der Waals surface area contributed by atoms with Gasteiger partial charge in [-0.15, -0.1) is 0 Å². The van der Waals surface area contributed by atoms with Gasteiger partial charge < -0.3 is 14.0 Å². The fraction of sp³-hybridized carbons (Fsp3) is 0.300. The quantitative estimate of drug-likeness (QED) is 0.586. The normalized spacial score (nSPS) is 12.4. The minimum absolute atomic E-state index is 0.115. The molecule has 29 heavy (non-hydrogen) atoms. The SMILES string of the molecule is CCCn1c(=NC(=O)c2cccc(C(F)(F)F)c2)sc2cc(OC)c(OC)cc21. The van der Waals surface area contributed by atoms with Crippen LogP contribution in [-0.2, 0) is 12.7 Å². The van der Waals surface area contributed by atoms with Crippen LogP contribution in [0.3, 0.4) is 0 Å². The van der Waals surface area contributed by atoms with E-state index in [1.807, 2.05) is 11.5 Å². The van der Waals surface area contributed by atoms with Gasteiger partial charge in [-0.3, -0.25) is 4.79 Å². The largest absolute Gasteiger partial charge is 0.493 e. The monoisotopic (exact) mass is 424 g/mol. The first-order valence-electron chi connectivity index (χ1n) is 8.80. The first-order chi connectivity index (χ1) is 13.8. The molecular weight excluding hydrogens is 405 g/mol. The number of methoxy groups -OCH3 is 2. The highest BCUT2D eigenvalue weighted by Gasteiger charge is 2.30. The molecule has 0 N–H and O–H groups in total. The highest BCUT2D eigenvalue weighted by molar-refractivity contribution is 7.16. The Kier molecular flexibility index (Phi) is 5.97. The summed E-state index contributed by atoms with van der Waals surface area (Å²) >= 11 is 1.26. The lowest BCUT2D eigenvalue weighted by Crippen LogP contribution is -2.17. The standard InChI is InChI=1S/C20H19F3N2O3S/c1-4-8-25-14-10-15(27-2)16(28-3)11-17(14)29-19(25)24-18(26)12-6-5-7-13(9-12)20(21,22)23/h5-7,9-11H,4,8H2,1-3H3. The molecule has 1 amide bonds. The molecule has 0 saturated carbocycles. The van der Waals surface area contributed by atoms with Gasteiger partial charge in [-0.05, 0) is 24.6 Å². The highest BCUT2D eigenvalue weighted by Crippen LogP contribution is 2.33. The fourth-order valence-electron chi connectivity index (χ4n) is 2.90. The van der Waals surface area contributed by atoms with Crippen LogP contribution in [-0.4, -0.2) is 24.7 Å². The van der Waals surface area contributed by atoms with Gasteiger partial charge in [-0.2, -0.15) is 18.2 Å². The van der Waals surface area contributed by atoms with Crippen LogP contribution in [0.5, 0.6) is 11.5 Å². The van der Waals surface area contributed by atoms with E-state index in [9.17, 15) is 18.0 Å². The zero-order valence-electron chi connectivity index (χ0n) is 16.0. The van der Waals surface area contributed by atoms with E-state index in [2.05, 4.69) is 4.99 Å². The number of alkyl halides is 3. The minimum atomic E-state index is -4.52. The van der Waals surface area contributed by atoms with E-state index in [1.165, 1.54) is 37.7 Å². The topological polar surface area (TPSA) is 52.8 Å². The van der Waals surface area contributed by atoms with Crippen LogP contribution in [0.2, 0.25) is 0 Å². The molecule has 0 saturated heterocycles. The Morgan fingerprint density at radius 3 is 2.45 bits per heavy atom. The van der Waals surface area contributed by atoms with Crippen LogP contribution in [0.1, 0.15) is 29.3 Å². The lowest BCUT2D eigenvalue weighted by atomic mass is 10.1. The number of ether oxygens (including phenoxy) is 2. The Morgan fingerprint density at radius 1 is 1.14 bits per heavy atom. The molecule has 154 valence electrons. The zero-order valence-corrected chi connectivity index (χ0v) is 16.9. The zero-order chi connectivity index (χ0) is 21.2. The molecule has 0 bridgehead atoms. The van der Waals surface area contributed by atoms with E-state index in [-0.39, 0.29) is 5.56 Å². The van der Waals surface area contributed by atoms with Crippen LogP contribution in [0.4, 0.5) is 13.2 Å². The van der Waals surface area contributed by atoms with Crippen molar-refractivity contribution in [3.63, 3.8) is 0 Å². The van der Waals surface area contributed by atoms with Gasteiger partial charge >= 0.3 is 6.18 Å². The number of aromatic nitrogens is 1. The summed E-state index contributed by atoms with van der Waals surface area (Å²) in [5.74, 6) is 0.352. The van der Waals surface area contributed by atoms with Gasteiger partial charge in [-0.25, -0.2) is 0 Å². The second-order valence-corrected chi connectivity index (χ2v) is 7.22. The van der Waals surface area contributed by atoms with E-state index in [1.54, 1.807) is 12.1 Å².